The van der Waals surface area contributed by atoms with Crippen molar-refractivity contribution in [2.75, 3.05) is 4.90 Å². The lowest BCUT2D eigenvalue weighted by molar-refractivity contribution is 0.112. The molecule has 0 amide bonds. The lowest BCUT2D eigenvalue weighted by Crippen LogP contribution is -2.26. The SMILES string of the molecule is Cc1ccc(N2c3ccc(-c4ccc(-c5ccc(C=O)cc5)c5nsnc45)cc3C3CCCC32)cc1. The van der Waals surface area contributed by atoms with Crippen LogP contribution in [0.15, 0.2) is 78.9 Å². The van der Waals surface area contributed by atoms with Crippen molar-refractivity contribution < 1.29 is 4.79 Å². The maximum Gasteiger partial charge on any atom is 0.150 e. The standard InChI is InChI=1S/C31H25N3OS/c1-19-5-12-23(13-6-19)34-28-4-2-3-26(28)27-17-22(11-16-29(27)34)25-15-14-24(30-31(25)33-36-32-30)21-9-7-20(18-35)8-10-21/h5-18,26,28H,2-4H2,1H3. The van der Waals surface area contributed by atoms with Gasteiger partial charge in [-0.25, -0.2) is 0 Å². The van der Waals surface area contributed by atoms with Crippen LogP contribution in [0.3, 0.4) is 0 Å². The van der Waals surface area contributed by atoms with Crippen LogP contribution in [-0.2, 0) is 0 Å². The lowest BCUT2D eigenvalue weighted by Gasteiger charge is -2.27. The molecule has 1 saturated carbocycles. The third-order valence-electron chi connectivity index (χ3n) is 7.89. The minimum absolute atomic E-state index is 0.538. The quantitative estimate of drug-likeness (QED) is 0.241. The Morgan fingerprint density at radius 2 is 1.53 bits per heavy atom. The van der Waals surface area contributed by atoms with Crippen molar-refractivity contribution in [2.24, 2.45) is 0 Å². The highest BCUT2D eigenvalue weighted by atomic mass is 32.1. The molecular weight excluding hydrogens is 462 g/mol. The van der Waals surface area contributed by atoms with E-state index in [1.165, 1.54) is 59.1 Å². The van der Waals surface area contributed by atoms with Crippen LogP contribution in [0.5, 0.6) is 0 Å². The first kappa shape index (κ1) is 21.5. The Kier molecular flexibility index (Phi) is 5.00. The van der Waals surface area contributed by atoms with Gasteiger partial charge in [-0.05, 0) is 60.7 Å². The van der Waals surface area contributed by atoms with Crippen LogP contribution >= 0.6 is 11.7 Å². The molecule has 1 aliphatic carbocycles. The number of hydrogen-bond donors (Lipinski definition) is 0. The predicted molar refractivity (Wildman–Crippen MR) is 147 cm³/mol. The van der Waals surface area contributed by atoms with Crippen molar-refractivity contribution in [1.29, 1.82) is 0 Å². The summed E-state index contributed by atoms with van der Waals surface area (Å²) in [5.41, 5.74) is 12.3. The van der Waals surface area contributed by atoms with E-state index in [0.717, 1.165) is 34.0 Å². The maximum atomic E-state index is 11.1. The Morgan fingerprint density at radius 3 is 2.25 bits per heavy atom. The smallest absolute Gasteiger partial charge is 0.150 e. The number of aryl methyl sites for hydroxylation is 1. The summed E-state index contributed by atoms with van der Waals surface area (Å²) in [6, 6.07) is 28.4. The van der Waals surface area contributed by atoms with E-state index in [1.54, 1.807) is 0 Å². The molecule has 0 saturated heterocycles. The largest absolute Gasteiger partial charge is 0.338 e. The molecule has 2 aliphatic rings. The highest BCUT2D eigenvalue weighted by molar-refractivity contribution is 7.00. The Balaban J connectivity index is 1.32. The lowest BCUT2D eigenvalue weighted by atomic mass is 9.92. The summed E-state index contributed by atoms with van der Waals surface area (Å²) in [4.78, 5) is 13.6. The molecule has 4 nitrogen and oxygen atoms in total. The van der Waals surface area contributed by atoms with Crippen LogP contribution in [0, 0.1) is 6.92 Å². The molecule has 36 heavy (non-hydrogen) atoms. The fourth-order valence-corrected chi connectivity index (χ4v) is 6.71. The topological polar surface area (TPSA) is 46.1 Å². The summed E-state index contributed by atoms with van der Waals surface area (Å²) in [6.07, 6.45) is 4.63. The van der Waals surface area contributed by atoms with Crippen LogP contribution in [0.25, 0.3) is 33.3 Å². The molecule has 1 aliphatic heterocycles. The Labute approximate surface area is 214 Å². The van der Waals surface area contributed by atoms with E-state index in [0.29, 0.717) is 17.5 Å². The van der Waals surface area contributed by atoms with Gasteiger partial charge < -0.3 is 4.90 Å². The average Bonchev–Trinajstić information content (AvgIpc) is 3.65. The molecule has 2 heterocycles. The fourth-order valence-electron chi connectivity index (χ4n) is 6.14. The van der Waals surface area contributed by atoms with Gasteiger partial charge in [-0.3, -0.25) is 4.79 Å². The van der Waals surface area contributed by atoms with Gasteiger partial charge in [0.25, 0.3) is 0 Å². The van der Waals surface area contributed by atoms with E-state index in [1.807, 2.05) is 24.3 Å². The van der Waals surface area contributed by atoms with Crippen LogP contribution in [0.4, 0.5) is 11.4 Å². The summed E-state index contributed by atoms with van der Waals surface area (Å²) in [5.74, 6) is 0.570. The number of nitrogens with zero attached hydrogens (tertiary/aromatic N) is 3. The minimum atomic E-state index is 0.538. The summed E-state index contributed by atoms with van der Waals surface area (Å²) in [6.45, 7) is 2.14. The number of aromatic nitrogens is 2. The zero-order valence-electron chi connectivity index (χ0n) is 20.0. The molecule has 5 aromatic rings. The molecule has 176 valence electrons. The maximum absolute atomic E-state index is 11.1. The van der Waals surface area contributed by atoms with Gasteiger partial charge in [0.1, 0.15) is 17.3 Å². The molecular formula is C31H25N3OS. The van der Waals surface area contributed by atoms with Gasteiger partial charge in [-0.15, -0.1) is 0 Å². The van der Waals surface area contributed by atoms with Crippen LogP contribution in [0.2, 0.25) is 0 Å². The number of aldehydes is 1. The third kappa shape index (κ3) is 3.30. The first-order valence-electron chi connectivity index (χ1n) is 12.5. The van der Waals surface area contributed by atoms with Crippen molar-refractivity contribution in [3.63, 3.8) is 0 Å². The minimum Gasteiger partial charge on any atom is -0.338 e. The number of fused-ring (bicyclic) bond motifs is 4. The number of carbonyl (C=O) groups is 1. The summed E-state index contributed by atoms with van der Waals surface area (Å²) in [7, 11) is 0. The van der Waals surface area contributed by atoms with E-state index < -0.39 is 0 Å². The summed E-state index contributed by atoms with van der Waals surface area (Å²) < 4.78 is 9.37. The van der Waals surface area contributed by atoms with E-state index in [4.69, 9.17) is 4.37 Å². The molecule has 5 heteroatoms. The zero-order valence-corrected chi connectivity index (χ0v) is 20.8. The van der Waals surface area contributed by atoms with Crippen molar-refractivity contribution in [1.82, 2.24) is 8.75 Å². The molecule has 4 aromatic carbocycles. The average molecular weight is 488 g/mol. The van der Waals surface area contributed by atoms with E-state index in [9.17, 15) is 4.79 Å². The summed E-state index contributed by atoms with van der Waals surface area (Å²) in [5, 5.41) is 0. The first-order valence-corrected chi connectivity index (χ1v) is 13.3. The van der Waals surface area contributed by atoms with Crippen LogP contribution in [0.1, 0.15) is 46.7 Å². The Morgan fingerprint density at radius 1 is 0.833 bits per heavy atom. The molecule has 0 bridgehead atoms. The number of carbonyl (C=O) groups excluding carboxylic acids is 1. The van der Waals surface area contributed by atoms with Crippen molar-refractivity contribution in [2.45, 2.75) is 38.1 Å². The zero-order chi connectivity index (χ0) is 24.2. The highest BCUT2D eigenvalue weighted by Crippen LogP contribution is 2.53. The monoisotopic (exact) mass is 487 g/mol. The van der Waals surface area contributed by atoms with Gasteiger partial charge in [0, 0.05) is 40.0 Å². The molecule has 7 rings (SSSR count). The molecule has 0 radical (unpaired) electrons. The normalized spacial score (nSPS) is 18.4. The molecule has 2 atom stereocenters. The van der Waals surface area contributed by atoms with Gasteiger partial charge in [0.2, 0.25) is 0 Å². The Bertz CT molecular complexity index is 1600. The molecule has 0 spiro atoms. The second-order valence-corrected chi connectivity index (χ2v) is 10.5. The summed E-state index contributed by atoms with van der Waals surface area (Å²) >= 11 is 1.25. The van der Waals surface area contributed by atoms with Crippen molar-refractivity contribution >= 4 is 40.4 Å². The number of hydrogen-bond acceptors (Lipinski definition) is 5. The number of anilines is 2. The van der Waals surface area contributed by atoms with Gasteiger partial charge in [0.15, 0.2) is 0 Å². The number of benzene rings is 4. The predicted octanol–water partition coefficient (Wildman–Crippen LogP) is 7.93. The molecule has 0 N–H and O–H groups in total. The molecule has 2 unspecified atom stereocenters. The van der Waals surface area contributed by atoms with E-state index >= 15 is 0 Å². The van der Waals surface area contributed by atoms with Gasteiger partial charge in [-0.2, -0.15) is 8.75 Å². The van der Waals surface area contributed by atoms with Crippen molar-refractivity contribution in [3.8, 4) is 22.3 Å². The second kappa shape index (κ2) is 8.38. The van der Waals surface area contributed by atoms with Gasteiger partial charge >= 0.3 is 0 Å². The van der Waals surface area contributed by atoms with Crippen LogP contribution in [-0.4, -0.2) is 21.1 Å². The molecule has 1 fully saturated rings. The van der Waals surface area contributed by atoms with Crippen LogP contribution < -0.4 is 4.90 Å². The number of rotatable bonds is 4. The third-order valence-corrected chi connectivity index (χ3v) is 8.42. The highest BCUT2D eigenvalue weighted by Gasteiger charge is 2.42. The second-order valence-electron chi connectivity index (χ2n) is 9.95. The van der Waals surface area contributed by atoms with Crippen molar-refractivity contribution in [3.05, 3.63) is 95.6 Å². The van der Waals surface area contributed by atoms with Gasteiger partial charge in [0.05, 0.1) is 11.7 Å². The van der Waals surface area contributed by atoms with E-state index in [2.05, 4.69) is 70.8 Å². The Hall–Kier alpha value is -3.83. The van der Waals surface area contributed by atoms with Gasteiger partial charge in [-0.1, -0.05) is 66.6 Å². The first-order chi connectivity index (χ1) is 17.7. The van der Waals surface area contributed by atoms with E-state index in [-0.39, 0.29) is 0 Å². The fraction of sp³-hybridized carbons (Fsp3) is 0.194. The molecule has 1 aromatic heterocycles.